The van der Waals surface area contributed by atoms with Crippen molar-refractivity contribution < 1.29 is 4.79 Å². The van der Waals surface area contributed by atoms with Crippen molar-refractivity contribution in [3.05, 3.63) is 23.9 Å². The summed E-state index contributed by atoms with van der Waals surface area (Å²) in [5.74, 6) is 0.602. The molecule has 1 unspecified atom stereocenters. The smallest absolute Gasteiger partial charge is 0.217 e. The molecule has 1 atom stereocenters. The van der Waals surface area contributed by atoms with Crippen LogP contribution in [-0.2, 0) is 11.3 Å². The Bertz CT molecular complexity index is 407. The van der Waals surface area contributed by atoms with Gasteiger partial charge in [0.25, 0.3) is 0 Å². The number of hydrogen-bond donors (Lipinski definition) is 2. The number of nitrogens with one attached hydrogen (secondary N) is 1. The Morgan fingerprint density at radius 1 is 1.71 bits per heavy atom. The minimum atomic E-state index is 0.0463. The predicted molar refractivity (Wildman–Crippen MR) is 66.1 cm³/mol. The Kier molecular flexibility index (Phi) is 3.58. The number of hydrogen-bond acceptors (Lipinski definition) is 4. The van der Waals surface area contributed by atoms with Crippen LogP contribution in [0.15, 0.2) is 18.3 Å². The highest BCUT2D eigenvalue weighted by Crippen LogP contribution is 2.14. The molecule has 1 aliphatic heterocycles. The van der Waals surface area contributed by atoms with E-state index in [2.05, 4.69) is 15.2 Å². The van der Waals surface area contributed by atoms with Crippen LogP contribution in [0.1, 0.15) is 18.9 Å². The third kappa shape index (κ3) is 3.42. The van der Waals surface area contributed by atoms with Gasteiger partial charge >= 0.3 is 0 Å². The summed E-state index contributed by atoms with van der Waals surface area (Å²) in [6.07, 6.45) is 2.74. The van der Waals surface area contributed by atoms with Crippen LogP contribution < -0.4 is 11.1 Å². The fraction of sp³-hybridized carbons (Fsp3) is 0.500. The first-order chi connectivity index (χ1) is 8.13. The van der Waals surface area contributed by atoms with Crippen LogP contribution in [0.3, 0.4) is 0 Å². The number of nitrogen functional groups attached to an aromatic ring is 1. The maximum absolute atomic E-state index is 11.0. The average Bonchev–Trinajstić information content (AvgIpc) is 2.64. The molecule has 1 aliphatic rings. The lowest BCUT2D eigenvalue weighted by molar-refractivity contribution is -0.119. The van der Waals surface area contributed by atoms with Gasteiger partial charge in [-0.3, -0.25) is 9.69 Å². The zero-order chi connectivity index (χ0) is 12.3. The van der Waals surface area contributed by atoms with Crippen LogP contribution in [0.4, 0.5) is 5.82 Å². The lowest BCUT2D eigenvalue weighted by atomic mass is 10.2. The standard InChI is InChI=1S/C12H18N4O/c1-9(17)15-11-3-5-16(8-11)7-10-2-4-14-12(13)6-10/h2,4,6,11H,3,5,7-8H2,1H3,(H2,13,14)(H,15,17). The summed E-state index contributed by atoms with van der Waals surface area (Å²) in [7, 11) is 0. The number of likely N-dealkylation sites (tertiary alicyclic amines) is 1. The number of aromatic nitrogens is 1. The number of carbonyl (C=O) groups is 1. The third-order valence-corrected chi connectivity index (χ3v) is 2.93. The van der Waals surface area contributed by atoms with Crippen molar-refractivity contribution in [2.45, 2.75) is 25.9 Å². The summed E-state index contributed by atoms with van der Waals surface area (Å²) in [4.78, 5) is 17.2. The second-order valence-electron chi connectivity index (χ2n) is 4.51. The molecule has 0 aromatic carbocycles. The van der Waals surface area contributed by atoms with Gasteiger partial charge in [-0.1, -0.05) is 0 Å². The Morgan fingerprint density at radius 2 is 2.53 bits per heavy atom. The fourth-order valence-electron chi connectivity index (χ4n) is 2.23. The zero-order valence-electron chi connectivity index (χ0n) is 10.0. The maximum atomic E-state index is 11.0. The normalized spacial score (nSPS) is 20.4. The molecule has 1 aromatic heterocycles. The van der Waals surface area contributed by atoms with Gasteiger partial charge in [0, 0.05) is 38.8 Å². The van der Waals surface area contributed by atoms with E-state index in [1.807, 2.05) is 12.1 Å². The second kappa shape index (κ2) is 5.14. The molecule has 1 amide bonds. The van der Waals surface area contributed by atoms with E-state index in [0.717, 1.165) is 26.1 Å². The summed E-state index contributed by atoms with van der Waals surface area (Å²) in [5.41, 5.74) is 6.81. The van der Waals surface area contributed by atoms with Crippen molar-refractivity contribution in [3.63, 3.8) is 0 Å². The molecule has 0 radical (unpaired) electrons. The maximum Gasteiger partial charge on any atom is 0.217 e. The van der Waals surface area contributed by atoms with Gasteiger partial charge in [-0.05, 0) is 24.1 Å². The molecular formula is C12H18N4O. The number of nitrogens with two attached hydrogens (primary N) is 1. The Labute approximate surface area is 101 Å². The van der Waals surface area contributed by atoms with Crippen molar-refractivity contribution >= 4 is 11.7 Å². The van der Waals surface area contributed by atoms with Crippen LogP contribution in [0.5, 0.6) is 0 Å². The molecule has 92 valence electrons. The molecule has 0 saturated carbocycles. The lowest BCUT2D eigenvalue weighted by Crippen LogP contribution is -2.35. The highest BCUT2D eigenvalue weighted by Gasteiger charge is 2.22. The van der Waals surface area contributed by atoms with Crippen molar-refractivity contribution in [2.24, 2.45) is 0 Å². The second-order valence-corrected chi connectivity index (χ2v) is 4.51. The number of nitrogens with zero attached hydrogens (tertiary/aromatic N) is 2. The minimum absolute atomic E-state index is 0.0463. The molecule has 0 spiro atoms. The van der Waals surface area contributed by atoms with Gasteiger partial charge in [-0.2, -0.15) is 0 Å². The molecule has 2 rings (SSSR count). The van der Waals surface area contributed by atoms with Crippen molar-refractivity contribution in [1.29, 1.82) is 0 Å². The molecule has 17 heavy (non-hydrogen) atoms. The third-order valence-electron chi connectivity index (χ3n) is 2.93. The number of rotatable bonds is 3. The fourth-order valence-corrected chi connectivity index (χ4v) is 2.23. The van der Waals surface area contributed by atoms with Gasteiger partial charge in [0.15, 0.2) is 0 Å². The van der Waals surface area contributed by atoms with Crippen LogP contribution >= 0.6 is 0 Å². The highest BCUT2D eigenvalue weighted by molar-refractivity contribution is 5.73. The Balaban J connectivity index is 1.87. The van der Waals surface area contributed by atoms with E-state index in [-0.39, 0.29) is 11.9 Å². The molecule has 0 aliphatic carbocycles. The molecule has 1 aromatic rings. The summed E-state index contributed by atoms with van der Waals surface area (Å²) >= 11 is 0. The van der Waals surface area contributed by atoms with Crippen LogP contribution in [0, 0.1) is 0 Å². The molecular weight excluding hydrogens is 216 g/mol. The van der Waals surface area contributed by atoms with Crippen LogP contribution in [-0.4, -0.2) is 34.9 Å². The molecule has 1 saturated heterocycles. The first-order valence-electron chi connectivity index (χ1n) is 5.83. The van der Waals surface area contributed by atoms with Gasteiger partial charge in [0.05, 0.1) is 0 Å². The number of amides is 1. The van der Waals surface area contributed by atoms with E-state index < -0.39 is 0 Å². The SMILES string of the molecule is CC(=O)NC1CCN(Cc2ccnc(N)c2)C1. The molecule has 2 heterocycles. The topological polar surface area (TPSA) is 71.2 Å². The van der Waals surface area contributed by atoms with E-state index in [9.17, 15) is 4.79 Å². The first-order valence-corrected chi connectivity index (χ1v) is 5.83. The van der Waals surface area contributed by atoms with Gasteiger partial charge < -0.3 is 11.1 Å². The predicted octanol–water partition coefficient (Wildman–Crippen LogP) is 0.374. The van der Waals surface area contributed by atoms with Crippen LogP contribution in [0.25, 0.3) is 0 Å². The van der Waals surface area contributed by atoms with E-state index >= 15 is 0 Å². The zero-order valence-corrected chi connectivity index (χ0v) is 10.0. The van der Waals surface area contributed by atoms with E-state index in [1.165, 1.54) is 5.56 Å². The monoisotopic (exact) mass is 234 g/mol. The average molecular weight is 234 g/mol. The highest BCUT2D eigenvalue weighted by atomic mass is 16.1. The summed E-state index contributed by atoms with van der Waals surface area (Å²) in [5, 5.41) is 2.95. The van der Waals surface area contributed by atoms with Crippen molar-refractivity contribution in [2.75, 3.05) is 18.8 Å². The van der Waals surface area contributed by atoms with Gasteiger partial charge in [0.1, 0.15) is 5.82 Å². The van der Waals surface area contributed by atoms with Gasteiger partial charge in [-0.15, -0.1) is 0 Å². The van der Waals surface area contributed by atoms with Gasteiger partial charge in [0.2, 0.25) is 5.91 Å². The largest absolute Gasteiger partial charge is 0.384 e. The molecule has 5 heteroatoms. The minimum Gasteiger partial charge on any atom is -0.384 e. The molecule has 0 bridgehead atoms. The first kappa shape index (κ1) is 11.9. The lowest BCUT2D eigenvalue weighted by Gasteiger charge is -2.16. The van der Waals surface area contributed by atoms with Crippen molar-refractivity contribution in [1.82, 2.24) is 15.2 Å². The molecule has 3 N–H and O–H groups in total. The Hall–Kier alpha value is -1.62. The number of anilines is 1. The number of carbonyl (C=O) groups excluding carboxylic acids is 1. The van der Waals surface area contributed by atoms with E-state index in [1.54, 1.807) is 13.1 Å². The summed E-state index contributed by atoms with van der Waals surface area (Å²) in [6.45, 7) is 4.34. The molecule has 5 nitrogen and oxygen atoms in total. The van der Waals surface area contributed by atoms with Gasteiger partial charge in [-0.25, -0.2) is 4.98 Å². The van der Waals surface area contributed by atoms with Crippen LogP contribution in [0.2, 0.25) is 0 Å². The summed E-state index contributed by atoms with van der Waals surface area (Å²) < 4.78 is 0. The van der Waals surface area contributed by atoms with E-state index in [4.69, 9.17) is 5.73 Å². The molecule has 1 fully saturated rings. The quantitative estimate of drug-likeness (QED) is 0.793. The van der Waals surface area contributed by atoms with Crippen molar-refractivity contribution in [3.8, 4) is 0 Å². The summed E-state index contributed by atoms with van der Waals surface area (Å²) in [6, 6.07) is 4.15. The number of pyridine rings is 1. The Morgan fingerprint density at radius 3 is 3.24 bits per heavy atom. The van der Waals surface area contributed by atoms with E-state index in [0.29, 0.717) is 5.82 Å².